The van der Waals surface area contributed by atoms with Crippen molar-refractivity contribution < 1.29 is 14.5 Å². The van der Waals surface area contributed by atoms with Gasteiger partial charge in [0, 0.05) is 22.0 Å². The number of nitro groups is 1. The van der Waals surface area contributed by atoms with Crippen molar-refractivity contribution in [1.29, 1.82) is 0 Å². The highest BCUT2D eigenvalue weighted by atomic mass is 16.6. The number of ether oxygens (including phenoxy) is 1. The third-order valence-electron chi connectivity index (χ3n) is 2.25. The quantitative estimate of drug-likeness (QED) is 0.625. The molecule has 0 spiro atoms. The van der Waals surface area contributed by atoms with E-state index in [0.29, 0.717) is 5.75 Å². The molecule has 6 nitrogen and oxygen atoms in total. The summed E-state index contributed by atoms with van der Waals surface area (Å²) in [6, 6.07) is 7.20. The van der Waals surface area contributed by atoms with E-state index in [4.69, 9.17) is 4.74 Å². The number of hydrogen-bond acceptors (Lipinski definition) is 4. The predicted octanol–water partition coefficient (Wildman–Crippen LogP) is 1.39. The largest absolute Gasteiger partial charge is 0.485 e. The summed E-state index contributed by atoms with van der Waals surface area (Å²) in [6.45, 7) is -0.992. The zero-order chi connectivity index (χ0) is 12.3. The van der Waals surface area contributed by atoms with E-state index in [2.05, 4.69) is 4.98 Å². The zero-order valence-electron chi connectivity index (χ0n) is 8.88. The van der Waals surface area contributed by atoms with Gasteiger partial charge >= 0.3 is 0 Å². The number of H-pyrrole nitrogens is 1. The molecule has 0 atom stereocenters. The molecule has 2 rings (SSSR count). The highest BCUT2D eigenvalue weighted by molar-refractivity contribution is 5.86. The van der Waals surface area contributed by atoms with Crippen molar-refractivity contribution in [1.82, 2.24) is 4.98 Å². The lowest BCUT2D eigenvalue weighted by molar-refractivity contribution is -0.467. The van der Waals surface area contributed by atoms with Gasteiger partial charge in [-0.25, -0.2) is 0 Å². The Morgan fingerprint density at radius 1 is 1.41 bits per heavy atom. The van der Waals surface area contributed by atoms with Crippen LogP contribution in [0.15, 0.2) is 30.5 Å². The number of nitrogens with zero attached hydrogens (tertiary/aromatic N) is 1. The molecule has 2 aromatic rings. The number of aromatic nitrogens is 1. The number of carbonyl (C=O) groups excluding carboxylic acids is 1. The van der Waals surface area contributed by atoms with Crippen molar-refractivity contribution in [3.8, 4) is 5.75 Å². The van der Waals surface area contributed by atoms with E-state index >= 15 is 0 Å². The minimum atomic E-state index is -0.705. The lowest BCUT2D eigenvalue weighted by atomic mass is 10.2. The number of hydrogen-bond donors (Lipinski definition) is 1. The van der Waals surface area contributed by atoms with Gasteiger partial charge in [-0.1, -0.05) is 6.07 Å². The minimum Gasteiger partial charge on any atom is -0.485 e. The van der Waals surface area contributed by atoms with Crippen LogP contribution in [0.25, 0.3) is 10.9 Å². The molecule has 1 aromatic carbocycles. The lowest BCUT2D eigenvalue weighted by Crippen LogP contribution is -2.20. The van der Waals surface area contributed by atoms with E-state index in [1.54, 1.807) is 18.3 Å². The van der Waals surface area contributed by atoms with E-state index in [9.17, 15) is 14.9 Å². The van der Waals surface area contributed by atoms with Crippen LogP contribution in [-0.4, -0.2) is 28.8 Å². The summed E-state index contributed by atoms with van der Waals surface area (Å²) in [7, 11) is 0. The van der Waals surface area contributed by atoms with Crippen LogP contribution >= 0.6 is 0 Å². The van der Waals surface area contributed by atoms with Crippen molar-refractivity contribution in [2.75, 3.05) is 13.2 Å². The van der Waals surface area contributed by atoms with Crippen molar-refractivity contribution in [3.05, 3.63) is 40.6 Å². The number of rotatable bonds is 5. The van der Waals surface area contributed by atoms with Gasteiger partial charge in [0.25, 0.3) is 6.54 Å². The molecular formula is C11H10N2O4. The SMILES string of the molecule is O=C(COc1cccc2[nH]ccc12)C[N+](=O)[O-]. The first kappa shape index (κ1) is 11.1. The van der Waals surface area contributed by atoms with Crippen LogP contribution in [0.5, 0.6) is 5.75 Å². The molecule has 0 unspecified atom stereocenters. The molecule has 0 aliphatic heterocycles. The van der Waals surface area contributed by atoms with Gasteiger partial charge in [-0.2, -0.15) is 0 Å². The fraction of sp³-hybridized carbons (Fsp3) is 0.182. The molecule has 17 heavy (non-hydrogen) atoms. The van der Waals surface area contributed by atoms with Crippen LogP contribution in [0, 0.1) is 10.1 Å². The summed E-state index contributed by atoms with van der Waals surface area (Å²) in [6.07, 6.45) is 1.76. The number of carbonyl (C=O) groups is 1. The molecule has 1 aromatic heterocycles. The van der Waals surface area contributed by atoms with E-state index in [1.807, 2.05) is 12.1 Å². The number of Topliss-reactive ketones (excluding diaryl/α,β-unsaturated/α-hetero) is 1. The van der Waals surface area contributed by atoms with Crippen LogP contribution in [0.4, 0.5) is 0 Å². The highest BCUT2D eigenvalue weighted by Gasteiger charge is 2.11. The fourth-order valence-corrected chi connectivity index (χ4v) is 1.53. The summed E-state index contributed by atoms with van der Waals surface area (Å²) >= 11 is 0. The van der Waals surface area contributed by atoms with Crippen LogP contribution < -0.4 is 4.74 Å². The topological polar surface area (TPSA) is 85.2 Å². The smallest absolute Gasteiger partial charge is 0.264 e. The average Bonchev–Trinajstić information content (AvgIpc) is 2.73. The number of fused-ring (bicyclic) bond motifs is 1. The molecule has 0 fully saturated rings. The second kappa shape index (κ2) is 4.65. The van der Waals surface area contributed by atoms with Crippen LogP contribution in [0.2, 0.25) is 0 Å². The molecule has 1 heterocycles. The number of ketones is 1. The first-order valence-corrected chi connectivity index (χ1v) is 4.99. The maximum Gasteiger partial charge on any atom is 0.264 e. The Balaban J connectivity index is 2.06. The van der Waals surface area contributed by atoms with Gasteiger partial charge in [-0.05, 0) is 18.2 Å². The Labute approximate surface area is 96.3 Å². The summed E-state index contributed by atoms with van der Waals surface area (Å²) in [5.41, 5.74) is 0.893. The van der Waals surface area contributed by atoms with Gasteiger partial charge in [0.1, 0.15) is 5.75 Å². The van der Waals surface area contributed by atoms with Gasteiger partial charge in [0.05, 0.1) is 0 Å². The first-order valence-electron chi connectivity index (χ1n) is 4.99. The summed E-state index contributed by atoms with van der Waals surface area (Å²) in [4.78, 5) is 23.6. The monoisotopic (exact) mass is 234 g/mol. The molecule has 0 radical (unpaired) electrons. The van der Waals surface area contributed by atoms with Gasteiger partial charge in [-0.15, -0.1) is 0 Å². The first-order chi connectivity index (χ1) is 8.16. The molecule has 0 amide bonds. The Bertz CT molecular complexity index is 561. The highest BCUT2D eigenvalue weighted by Crippen LogP contribution is 2.24. The molecule has 6 heteroatoms. The molecule has 0 aliphatic rings. The van der Waals surface area contributed by atoms with Gasteiger partial charge < -0.3 is 9.72 Å². The Kier molecular flexibility index (Phi) is 3.04. The van der Waals surface area contributed by atoms with E-state index in [1.165, 1.54) is 0 Å². The minimum absolute atomic E-state index is 0.286. The summed E-state index contributed by atoms with van der Waals surface area (Å²) < 4.78 is 5.27. The van der Waals surface area contributed by atoms with E-state index < -0.39 is 17.3 Å². The Morgan fingerprint density at radius 2 is 2.24 bits per heavy atom. The number of aromatic amines is 1. The molecule has 1 N–H and O–H groups in total. The molecule has 0 bridgehead atoms. The average molecular weight is 234 g/mol. The van der Waals surface area contributed by atoms with E-state index in [-0.39, 0.29) is 6.61 Å². The van der Waals surface area contributed by atoms with Gasteiger partial charge in [-0.3, -0.25) is 14.9 Å². The standard InChI is InChI=1S/C11H10N2O4/c14-8(6-13(15)16)7-17-11-3-1-2-10-9(11)4-5-12-10/h1-5,12H,6-7H2. The van der Waals surface area contributed by atoms with Gasteiger partial charge in [0.15, 0.2) is 6.61 Å². The predicted molar refractivity (Wildman–Crippen MR) is 60.7 cm³/mol. The van der Waals surface area contributed by atoms with Gasteiger partial charge in [0.2, 0.25) is 5.78 Å². The number of benzene rings is 1. The maximum absolute atomic E-state index is 11.1. The summed E-state index contributed by atoms with van der Waals surface area (Å²) in [5.74, 6) is -0.0111. The zero-order valence-corrected chi connectivity index (χ0v) is 8.88. The van der Waals surface area contributed by atoms with Crippen LogP contribution in [0.3, 0.4) is 0 Å². The van der Waals surface area contributed by atoms with Crippen molar-refractivity contribution in [3.63, 3.8) is 0 Å². The lowest BCUT2D eigenvalue weighted by Gasteiger charge is -2.04. The Morgan fingerprint density at radius 3 is 3.00 bits per heavy atom. The number of nitrogens with one attached hydrogen (secondary N) is 1. The molecule has 0 saturated carbocycles. The fourth-order valence-electron chi connectivity index (χ4n) is 1.53. The van der Waals surface area contributed by atoms with Crippen molar-refractivity contribution in [2.24, 2.45) is 0 Å². The molecule has 88 valence electrons. The molecule has 0 aliphatic carbocycles. The van der Waals surface area contributed by atoms with Crippen LogP contribution in [0.1, 0.15) is 0 Å². The van der Waals surface area contributed by atoms with Crippen molar-refractivity contribution >= 4 is 16.7 Å². The normalized spacial score (nSPS) is 10.4. The second-order valence-corrected chi connectivity index (χ2v) is 3.51. The van der Waals surface area contributed by atoms with Crippen molar-refractivity contribution in [2.45, 2.75) is 0 Å². The molecule has 0 saturated heterocycles. The van der Waals surface area contributed by atoms with Crippen LogP contribution in [-0.2, 0) is 4.79 Å². The molecular weight excluding hydrogens is 224 g/mol. The second-order valence-electron chi connectivity index (χ2n) is 3.51. The Hall–Kier alpha value is -2.37. The third kappa shape index (κ3) is 2.60. The van der Waals surface area contributed by atoms with E-state index in [0.717, 1.165) is 10.9 Å². The summed E-state index contributed by atoms with van der Waals surface area (Å²) in [5, 5.41) is 11.0. The third-order valence-corrected chi connectivity index (χ3v) is 2.25. The maximum atomic E-state index is 11.1.